The third kappa shape index (κ3) is 1.67. The van der Waals surface area contributed by atoms with Gasteiger partial charge in [0.05, 0.1) is 5.92 Å². The maximum absolute atomic E-state index is 10.9. The number of hydrogen-bond acceptors (Lipinski definition) is 3. The van der Waals surface area contributed by atoms with Crippen molar-refractivity contribution < 1.29 is 9.90 Å². The van der Waals surface area contributed by atoms with E-state index in [1.807, 2.05) is 16.7 Å². The number of fused-ring (bicyclic) bond motifs is 1. The standard InChI is InChI=1S/C12H13N3O2/c1-7(12(16)17)9-4-5-15-10(6-9)13-14-11(15)8-2-3-8/h4-8H,2-3H2,1H3,(H,16,17). The first kappa shape index (κ1) is 10.3. The van der Waals surface area contributed by atoms with Gasteiger partial charge in [0.1, 0.15) is 5.82 Å². The largest absolute Gasteiger partial charge is 0.481 e. The number of nitrogens with zero attached hydrogens (tertiary/aromatic N) is 3. The molecule has 0 aliphatic heterocycles. The Balaban J connectivity index is 2.05. The summed E-state index contributed by atoms with van der Waals surface area (Å²) in [4.78, 5) is 10.9. The van der Waals surface area contributed by atoms with Crippen LogP contribution in [-0.2, 0) is 4.79 Å². The van der Waals surface area contributed by atoms with Crippen LogP contribution in [0.15, 0.2) is 18.3 Å². The van der Waals surface area contributed by atoms with Crippen LogP contribution < -0.4 is 0 Å². The number of carbonyl (C=O) groups is 1. The van der Waals surface area contributed by atoms with E-state index in [4.69, 9.17) is 5.11 Å². The quantitative estimate of drug-likeness (QED) is 0.874. The molecule has 0 amide bonds. The molecule has 1 unspecified atom stereocenters. The molecule has 3 rings (SSSR count). The highest BCUT2D eigenvalue weighted by Crippen LogP contribution is 2.39. The Bertz CT molecular complexity index is 586. The summed E-state index contributed by atoms with van der Waals surface area (Å²) in [6, 6.07) is 3.64. The Morgan fingerprint density at radius 2 is 2.29 bits per heavy atom. The molecule has 0 saturated heterocycles. The minimum atomic E-state index is -0.823. The van der Waals surface area contributed by atoms with Crippen LogP contribution in [0.3, 0.4) is 0 Å². The molecule has 1 aliphatic carbocycles. The molecule has 0 aromatic carbocycles. The second kappa shape index (κ2) is 3.55. The molecular weight excluding hydrogens is 218 g/mol. The number of aliphatic carboxylic acids is 1. The first-order valence-corrected chi connectivity index (χ1v) is 5.74. The minimum Gasteiger partial charge on any atom is -0.481 e. The van der Waals surface area contributed by atoms with E-state index < -0.39 is 11.9 Å². The number of hydrogen-bond donors (Lipinski definition) is 1. The highest BCUT2D eigenvalue weighted by Gasteiger charge is 2.28. The van der Waals surface area contributed by atoms with Gasteiger partial charge in [-0.05, 0) is 37.5 Å². The first-order valence-electron chi connectivity index (χ1n) is 5.74. The number of carboxylic acid groups (broad SMARTS) is 1. The van der Waals surface area contributed by atoms with Crippen LogP contribution in [0.25, 0.3) is 5.65 Å². The molecule has 0 spiro atoms. The van der Waals surface area contributed by atoms with Crippen LogP contribution in [0.2, 0.25) is 0 Å². The maximum Gasteiger partial charge on any atom is 0.310 e. The van der Waals surface area contributed by atoms with E-state index in [0.717, 1.165) is 17.0 Å². The number of rotatable bonds is 3. The fraction of sp³-hybridized carbons (Fsp3) is 0.417. The predicted octanol–water partition coefficient (Wildman–Crippen LogP) is 1.79. The smallest absolute Gasteiger partial charge is 0.310 e. The molecule has 88 valence electrons. The minimum absolute atomic E-state index is 0.513. The number of aromatic nitrogens is 3. The zero-order valence-corrected chi connectivity index (χ0v) is 9.50. The van der Waals surface area contributed by atoms with Crippen LogP contribution in [0.4, 0.5) is 0 Å². The highest BCUT2D eigenvalue weighted by atomic mass is 16.4. The second-order valence-corrected chi connectivity index (χ2v) is 4.58. The van der Waals surface area contributed by atoms with E-state index in [2.05, 4.69) is 10.2 Å². The first-order chi connectivity index (χ1) is 8.16. The molecule has 0 bridgehead atoms. The van der Waals surface area contributed by atoms with Gasteiger partial charge in [-0.3, -0.25) is 9.20 Å². The molecule has 1 fully saturated rings. The average Bonchev–Trinajstić information content (AvgIpc) is 3.07. The van der Waals surface area contributed by atoms with Crippen molar-refractivity contribution in [1.29, 1.82) is 0 Å². The number of carboxylic acids is 1. The van der Waals surface area contributed by atoms with E-state index in [0.29, 0.717) is 5.92 Å². The van der Waals surface area contributed by atoms with Gasteiger partial charge in [0.25, 0.3) is 0 Å². The van der Waals surface area contributed by atoms with Gasteiger partial charge in [0.15, 0.2) is 5.65 Å². The summed E-state index contributed by atoms with van der Waals surface area (Å²) in [7, 11) is 0. The van der Waals surface area contributed by atoms with Crippen molar-refractivity contribution in [3.63, 3.8) is 0 Å². The van der Waals surface area contributed by atoms with Crippen LogP contribution in [0.5, 0.6) is 0 Å². The van der Waals surface area contributed by atoms with Crippen molar-refractivity contribution in [2.24, 2.45) is 0 Å². The SMILES string of the molecule is CC(C(=O)O)c1ccn2c(C3CC3)nnc2c1. The molecule has 17 heavy (non-hydrogen) atoms. The van der Waals surface area contributed by atoms with Crippen LogP contribution in [0.1, 0.15) is 43.0 Å². The molecule has 1 saturated carbocycles. The lowest BCUT2D eigenvalue weighted by atomic mass is 10.0. The Hall–Kier alpha value is -1.91. The van der Waals surface area contributed by atoms with Crippen molar-refractivity contribution >= 4 is 11.6 Å². The molecule has 2 heterocycles. The Kier molecular flexibility index (Phi) is 2.14. The summed E-state index contributed by atoms with van der Waals surface area (Å²) in [5.41, 5.74) is 1.50. The molecule has 5 nitrogen and oxygen atoms in total. The van der Waals surface area contributed by atoms with Gasteiger partial charge in [0, 0.05) is 12.1 Å². The third-order valence-corrected chi connectivity index (χ3v) is 3.27. The summed E-state index contributed by atoms with van der Waals surface area (Å²) in [6.45, 7) is 1.67. The average molecular weight is 231 g/mol. The zero-order valence-electron chi connectivity index (χ0n) is 9.50. The summed E-state index contributed by atoms with van der Waals surface area (Å²) in [5, 5.41) is 17.2. The van der Waals surface area contributed by atoms with E-state index in [9.17, 15) is 4.79 Å². The summed E-state index contributed by atoms with van der Waals surface area (Å²) < 4.78 is 1.95. The Morgan fingerprint density at radius 3 is 2.94 bits per heavy atom. The molecule has 1 N–H and O–H groups in total. The van der Waals surface area contributed by atoms with Crippen molar-refractivity contribution in [3.8, 4) is 0 Å². The van der Waals surface area contributed by atoms with E-state index >= 15 is 0 Å². The predicted molar refractivity (Wildman–Crippen MR) is 61.0 cm³/mol. The van der Waals surface area contributed by atoms with E-state index in [1.165, 1.54) is 12.8 Å². The molecule has 5 heteroatoms. The van der Waals surface area contributed by atoms with Crippen LogP contribution in [-0.4, -0.2) is 25.7 Å². The molecule has 0 radical (unpaired) electrons. The number of pyridine rings is 1. The van der Waals surface area contributed by atoms with Crippen LogP contribution >= 0.6 is 0 Å². The van der Waals surface area contributed by atoms with E-state index in [-0.39, 0.29) is 0 Å². The van der Waals surface area contributed by atoms with Gasteiger partial charge in [-0.1, -0.05) is 0 Å². The Morgan fingerprint density at radius 1 is 1.53 bits per heavy atom. The molecule has 1 atom stereocenters. The fourth-order valence-corrected chi connectivity index (χ4v) is 1.96. The van der Waals surface area contributed by atoms with Crippen LogP contribution in [0, 0.1) is 0 Å². The van der Waals surface area contributed by atoms with Gasteiger partial charge in [-0.15, -0.1) is 10.2 Å². The van der Waals surface area contributed by atoms with Crippen molar-refractivity contribution in [1.82, 2.24) is 14.6 Å². The topological polar surface area (TPSA) is 67.5 Å². The molecule has 2 aromatic rings. The third-order valence-electron chi connectivity index (χ3n) is 3.27. The van der Waals surface area contributed by atoms with Gasteiger partial charge in [-0.2, -0.15) is 0 Å². The lowest BCUT2D eigenvalue weighted by Gasteiger charge is -2.06. The normalized spacial score (nSPS) is 17.2. The van der Waals surface area contributed by atoms with Gasteiger partial charge in [-0.25, -0.2) is 0 Å². The fourth-order valence-electron chi connectivity index (χ4n) is 1.96. The monoisotopic (exact) mass is 231 g/mol. The van der Waals surface area contributed by atoms with E-state index in [1.54, 1.807) is 13.0 Å². The maximum atomic E-state index is 10.9. The highest BCUT2D eigenvalue weighted by molar-refractivity contribution is 5.75. The molecular formula is C12H13N3O2. The van der Waals surface area contributed by atoms with Crippen molar-refractivity contribution in [2.75, 3.05) is 0 Å². The zero-order chi connectivity index (χ0) is 12.0. The molecule has 1 aliphatic rings. The van der Waals surface area contributed by atoms with Gasteiger partial charge in [0.2, 0.25) is 0 Å². The summed E-state index contributed by atoms with van der Waals surface area (Å²) in [6.07, 6.45) is 4.22. The van der Waals surface area contributed by atoms with Gasteiger partial charge >= 0.3 is 5.97 Å². The van der Waals surface area contributed by atoms with Gasteiger partial charge < -0.3 is 5.11 Å². The van der Waals surface area contributed by atoms with Crippen molar-refractivity contribution in [2.45, 2.75) is 31.6 Å². The second-order valence-electron chi connectivity index (χ2n) is 4.58. The molecule has 2 aromatic heterocycles. The Labute approximate surface area is 98.1 Å². The summed E-state index contributed by atoms with van der Waals surface area (Å²) in [5.74, 6) is 0.194. The summed E-state index contributed by atoms with van der Waals surface area (Å²) >= 11 is 0. The lowest BCUT2D eigenvalue weighted by molar-refractivity contribution is -0.138. The van der Waals surface area contributed by atoms with Crippen molar-refractivity contribution in [3.05, 3.63) is 29.7 Å². The lowest BCUT2D eigenvalue weighted by Crippen LogP contribution is -2.07.